The number of fused-ring (bicyclic) bond motifs is 2. The van der Waals surface area contributed by atoms with Crippen LogP contribution in [0.3, 0.4) is 0 Å². The predicted octanol–water partition coefficient (Wildman–Crippen LogP) is 3.62. The SMILES string of the molecule is C=CC(=O)OCc1cccc2cc3ccccc3nc12. The van der Waals surface area contributed by atoms with Gasteiger partial charge in [-0.2, -0.15) is 0 Å². The third-order valence-electron chi connectivity index (χ3n) is 3.17. The average molecular weight is 263 g/mol. The van der Waals surface area contributed by atoms with Crippen molar-refractivity contribution >= 4 is 27.8 Å². The van der Waals surface area contributed by atoms with Gasteiger partial charge in [-0.25, -0.2) is 9.78 Å². The summed E-state index contributed by atoms with van der Waals surface area (Å²) in [6.07, 6.45) is 1.16. The van der Waals surface area contributed by atoms with Gasteiger partial charge in [-0.05, 0) is 12.1 Å². The summed E-state index contributed by atoms with van der Waals surface area (Å²) in [5.74, 6) is -0.428. The highest BCUT2D eigenvalue weighted by Crippen LogP contribution is 2.22. The van der Waals surface area contributed by atoms with Crippen molar-refractivity contribution in [1.82, 2.24) is 4.98 Å². The molecule has 0 fully saturated rings. The van der Waals surface area contributed by atoms with E-state index in [1.54, 1.807) is 0 Å². The normalized spacial score (nSPS) is 10.6. The van der Waals surface area contributed by atoms with Gasteiger partial charge in [0.2, 0.25) is 0 Å². The first-order valence-electron chi connectivity index (χ1n) is 6.34. The zero-order chi connectivity index (χ0) is 13.9. The van der Waals surface area contributed by atoms with E-state index < -0.39 is 5.97 Å². The number of benzene rings is 2. The molecule has 3 aromatic rings. The van der Waals surface area contributed by atoms with Crippen LogP contribution in [0.15, 0.2) is 61.2 Å². The van der Waals surface area contributed by atoms with Crippen LogP contribution in [0.4, 0.5) is 0 Å². The van der Waals surface area contributed by atoms with Gasteiger partial charge in [-0.15, -0.1) is 0 Å². The van der Waals surface area contributed by atoms with E-state index in [4.69, 9.17) is 4.74 Å². The monoisotopic (exact) mass is 263 g/mol. The Morgan fingerprint density at radius 3 is 2.80 bits per heavy atom. The van der Waals surface area contributed by atoms with Crippen LogP contribution in [-0.2, 0) is 16.1 Å². The molecule has 0 spiro atoms. The van der Waals surface area contributed by atoms with Gasteiger partial charge < -0.3 is 4.74 Å². The van der Waals surface area contributed by atoms with Gasteiger partial charge in [0.1, 0.15) is 6.61 Å². The van der Waals surface area contributed by atoms with Crippen LogP contribution >= 0.6 is 0 Å². The zero-order valence-electron chi connectivity index (χ0n) is 10.9. The van der Waals surface area contributed by atoms with Crippen LogP contribution in [0.25, 0.3) is 21.8 Å². The lowest BCUT2D eigenvalue weighted by Crippen LogP contribution is -2.01. The largest absolute Gasteiger partial charge is 0.458 e. The Morgan fingerprint density at radius 2 is 1.95 bits per heavy atom. The first-order chi connectivity index (χ1) is 9.78. The molecule has 0 amide bonds. The fourth-order valence-corrected chi connectivity index (χ4v) is 2.19. The Morgan fingerprint density at radius 1 is 1.15 bits per heavy atom. The molecule has 0 saturated heterocycles. The van der Waals surface area contributed by atoms with E-state index in [1.165, 1.54) is 0 Å². The van der Waals surface area contributed by atoms with Crippen molar-refractivity contribution in [2.75, 3.05) is 0 Å². The minimum atomic E-state index is -0.428. The fourth-order valence-electron chi connectivity index (χ4n) is 2.19. The quantitative estimate of drug-likeness (QED) is 0.411. The second kappa shape index (κ2) is 5.13. The van der Waals surface area contributed by atoms with Gasteiger partial charge in [0, 0.05) is 22.4 Å². The number of nitrogens with zero attached hydrogens (tertiary/aromatic N) is 1. The number of esters is 1. The van der Waals surface area contributed by atoms with Crippen LogP contribution in [0.5, 0.6) is 0 Å². The number of aromatic nitrogens is 1. The number of hydrogen-bond acceptors (Lipinski definition) is 3. The van der Waals surface area contributed by atoms with E-state index in [1.807, 2.05) is 42.5 Å². The molecule has 1 heterocycles. The van der Waals surface area contributed by atoms with Crippen molar-refractivity contribution in [3.63, 3.8) is 0 Å². The second-order valence-corrected chi connectivity index (χ2v) is 4.48. The minimum Gasteiger partial charge on any atom is -0.458 e. The third kappa shape index (κ3) is 2.26. The molecule has 0 N–H and O–H groups in total. The fraction of sp³-hybridized carbons (Fsp3) is 0.0588. The lowest BCUT2D eigenvalue weighted by Gasteiger charge is -2.07. The molecule has 0 unspecified atom stereocenters. The number of carbonyl (C=O) groups excluding carboxylic acids is 1. The van der Waals surface area contributed by atoms with E-state index in [9.17, 15) is 4.79 Å². The van der Waals surface area contributed by atoms with Crippen LogP contribution in [0.1, 0.15) is 5.56 Å². The molecule has 3 rings (SSSR count). The summed E-state index contributed by atoms with van der Waals surface area (Å²) in [6, 6.07) is 15.9. The maximum Gasteiger partial charge on any atom is 0.330 e. The highest BCUT2D eigenvalue weighted by atomic mass is 16.5. The maximum atomic E-state index is 11.2. The standard InChI is InChI=1S/C17H13NO2/c1-2-16(19)20-11-14-8-5-7-13-10-12-6-3-4-9-15(12)18-17(13)14/h2-10H,1,11H2. The molecular formula is C17H13NO2. The Hall–Kier alpha value is -2.68. The smallest absolute Gasteiger partial charge is 0.330 e. The average Bonchev–Trinajstić information content (AvgIpc) is 2.50. The van der Waals surface area contributed by atoms with Crippen molar-refractivity contribution < 1.29 is 9.53 Å². The van der Waals surface area contributed by atoms with E-state index in [0.29, 0.717) is 0 Å². The summed E-state index contributed by atoms with van der Waals surface area (Å²) in [4.78, 5) is 15.8. The van der Waals surface area contributed by atoms with Crippen molar-refractivity contribution in [2.45, 2.75) is 6.61 Å². The molecular weight excluding hydrogens is 250 g/mol. The van der Waals surface area contributed by atoms with Crippen LogP contribution in [0, 0.1) is 0 Å². The second-order valence-electron chi connectivity index (χ2n) is 4.48. The van der Waals surface area contributed by atoms with E-state index >= 15 is 0 Å². The first kappa shape index (κ1) is 12.4. The highest BCUT2D eigenvalue weighted by Gasteiger charge is 2.06. The molecule has 2 aromatic carbocycles. The number of pyridine rings is 1. The van der Waals surface area contributed by atoms with Crippen molar-refractivity contribution in [3.8, 4) is 0 Å². The van der Waals surface area contributed by atoms with Gasteiger partial charge >= 0.3 is 5.97 Å². The highest BCUT2D eigenvalue weighted by molar-refractivity contribution is 5.94. The summed E-state index contributed by atoms with van der Waals surface area (Å²) in [6.45, 7) is 3.59. The molecule has 0 aliphatic carbocycles. The zero-order valence-corrected chi connectivity index (χ0v) is 10.9. The number of hydrogen-bond donors (Lipinski definition) is 0. The van der Waals surface area contributed by atoms with Gasteiger partial charge in [0.25, 0.3) is 0 Å². The Balaban J connectivity index is 2.10. The maximum absolute atomic E-state index is 11.2. The molecule has 0 aliphatic rings. The van der Waals surface area contributed by atoms with E-state index in [-0.39, 0.29) is 6.61 Å². The summed E-state index contributed by atoms with van der Waals surface area (Å²) >= 11 is 0. The molecule has 1 aromatic heterocycles. The molecule has 0 bridgehead atoms. The minimum absolute atomic E-state index is 0.202. The number of carbonyl (C=O) groups is 1. The number of para-hydroxylation sites is 2. The number of rotatable bonds is 3. The molecule has 3 heteroatoms. The summed E-state index contributed by atoms with van der Waals surface area (Å²) < 4.78 is 5.10. The van der Waals surface area contributed by atoms with Crippen LogP contribution in [0.2, 0.25) is 0 Å². The number of ether oxygens (including phenoxy) is 1. The molecule has 0 radical (unpaired) electrons. The van der Waals surface area contributed by atoms with Crippen molar-refractivity contribution in [2.24, 2.45) is 0 Å². The summed E-state index contributed by atoms with van der Waals surface area (Å²) in [5.41, 5.74) is 2.69. The predicted molar refractivity (Wildman–Crippen MR) is 79.2 cm³/mol. The molecule has 20 heavy (non-hydrogen) atoms. The molecule has 0 saturated carbocycles. The van der Waals surface area contributed by atoms with Gasteiger partial charge in [-0.3, -0.25) is 0 Å². The molecule has 98 valence electrons. The molecule has 0 aliphatic heterocycles. The van der Waals surface area contributed by atoms with E-state index in [0.717, 1.165) is 33.4 Å². The lowest BCUT2D eigenvalue weighted by atomic mass is 10.1. The molecule has 0 atom stereocenters. The van der Waals surface area contributed by atoms with Crippen molar-refractivity contribution in [1.29, 1.82) is 0 Å². The molecule has 3 nitrogen and oxygen atoms in total. The Bertz CT molecular complexity index is 808. The van der Waals surface area contributed by atoms with Crippen molar-refractivity contribution in [3.05, 3.63) is 66.7 Å². The van der Waals surface area contributed by atoms with Gasteiger partial charge in [0.15, 0.2) is 0 Å². The Labute approximate surface area is 116 Å². The summed E-state index contributed by atoms with van der Waals surface area (Å²) in [5, 5.41) is 2.14. The van der Waals surface area contributed by atoms with E-state index in [2.05, 4.69) is 17.6 Å². The first-order valence-corrected chi connectivity index (χ1v) is 6.34. The Kier molecular flexibility index (Phi) is 3.17. The van der Waals surface area contributed by atoms with Crippen LogP contribution < -0.4 is 0 Å². The van der Waals surface area contributed by atoms with Crippen LogP contribution in [-0.4, -0.2) is 11.0 Å². The van der Waals surface area contributed by atoms with Gasteiger partial charge in [0.05, 0.1) is 11.0 Å². The lowest BCUT2D eigenvalue weighted by molar-refractivity contribution is -0.138. The topological polar surface area (TPSA) is 39.2 Å². The summed E-state index contributed by atoms with van der Waals surface area (Å²) in [7, 11) is 0. The third-order valence-corrected chi connectivity index (χ3v) is 3.17. The van der Waals surface area contributed by atoms with Gasteiger partial charge in [-0.1, -0.05) is 43.0 Å².